The van der Waals surface area contributed by atoms with Gasteiger partial charge >= 0.3 is 0 Å². The van der Waals surface area contributed by atoms with E-state index in [4.69, 9.17) is 0 Å². The van der Waals surface area contributed by atoms with Gasteiger partial charge in [-0.05, 0) is 60.0 Å². The lowest BCUT2D eigenvalue weighted by Crippen LogP contribution is -2.14. The molecule has 1 aromatic heterocycles. The van der Waals surface area contributed by atoms with E-state index in [-0.39, 0.29) is 5.91 Å². The lowest BCUT2D eigenvalue weighted by atomic mass is 10.0. The minimum absolute atomic E-state index is 0.000527. The zero-order chi connectivity index (χ0) is 13.9. The highest BCUT2D eigenvalue weighted by Crippen LogP contribution is 2.26. The molecule has 4 heteroatoms. The van der Waals surface area contributed by atoms with E-state index in [2.05, 4.69) is 29.7 Å². The maximum Gasteiger partial charge on any atom is 0.266 e. The molecule has 1 aromatic carbocycles. The number of hydrogen-bond acceptors (Lipinski definition) is 3. The number of thiophene rings is 1. The smallest absolute Gasteiger partial charge is 0.266 e. The molecule has 0 atom stereocenters. The standard InChI is InChI=1S/C16H18N2OS/c1-2-11-7-9-20-15(11)16(19)18-13-5-6-14-12(10-13)4-3-8-17-14/h5-7,9-10,17H,2-4,8H2,1H3,(H,18,19). The fraction of sp³-hybridized carbons (Fsp3) is 0.312. The van der Waals surface area contributed by atoms with Gasteiger partial charge in [0.15, 0.2) is 0 Å². The van der Waals surface area contributed by atoms with Crippen molar-refractivity contribution < 1.29 is 4.79 Å². The highest BCUT2D eigenvalue weighted by molar-refractivity contribution is 7.12. The fourth-order valence-corrected chi connectivity index (χ4v) is 3.44. The first kappa shape index (κ1) is 13.2. The molecule has 3 rings (SSSR count). The maximum atomic E-state index is 12.3. The fourth-order valence-electron chi connectivity index (χ4n) is 2.55. The lowest BCUT2D eigenvalue weighted by Gasteiger charge is -2.18. The van der Waals surface area contributed by atoms with Crippen molar-refractivity contribution in [1.29, 1.82) is 0 Å². The normalized spacial score (nSPS) is 13.4. The topological polar surface area (TPSA) is 41.1 Å². The number of amides is 1. The Morgan fingerprint density at radius 3 is 3.15 bits per heavy atom. The van der Waals surface area contributed by atoms with E-state index in [1.165, 1.54) is 22.6 Å². The molecule has 2 heterocycles. The molecule has 0 unspecified atom stereocenters. The number of hydrogen-bond donors (Lipinski definition) is 2. The van der Waals surface area contributed by atoms with Crippen molar-refractivity contribution in [3.63, 3.8) is 0 Å². The van der Waals surface area contributed by atoms with Crippen LogP contribution < -0.4 is 10.6 Å². The third-order valence-electron chi connectivity index (χ3n) is 3.64. The number of carbonyl (C=O) groups excluding carboxylic acids is 1. The average molecular weight is 286 g/mol. The second kappa shape index (κ2) is 5.67. The van der Waals surface area contributed by atoms with Crippen LogP contribution in [0.25, 0.3) is 0 Å². The Hall–Kier alpha value is -1.81. The number of fused-ring (bicyclic) bond motifs is 1. The summed E-state index contributed by atoms with van der Waals surface area (Å²) in [6, 6.07) is 8.13. The number of aryl methyl sites for hydroxylation is 2. The average Bonchev–Trinajstić information content (AvgIpc) is 2.95. The van der Waals surface area contributed by atoms with Crippen LogP contribution in [0.5, 0.6) is 0 Å². The van der Waals surface area contributed by atoms with E-state index in [0.717, 1.165) is 41.9 Å². The summed E-state index contributed by atoms with van der Waals surface area (Å²) in [5.41, 5.74) is 4.48. The Balaban J connectivity index is 1.79. The van der Waals surface area contributed by atoms with Gasteiger partial charge in [-0.15, -0.1) is 11.3 Å². The number of nitrogens with one attached hydrogen (secondary N) is 2. The third-order valence-corrected chi connectivity index (χ3v) is 4.59. The predicted molar refractivity (Wildman–Crippen MR) is 84.9 cm³/mol. The molecule has 3 nitrogen and oxygen atoms in total. The van der Waals surface area contributed by atoms with E-state index < -0.39 is 0 Å². The Morgan fingerprint density at radius 2 is 2.30 bits per heavy atom. The van der Waals surface area contributed by atoms with Gasteiger partial charge in [-0.3, -0.25) is 4.79 Å². The first-order valence-corrected chi connectivity index (χ1v) is 7.90. The van der Waals surface area contributed by atoms with Crippen molar-refractivity contribution in [2.45, 2.75) is 26.2 Å². The van der Waals surface area contributed by atoms with Gasteiger partial charge in [-0.2, -0.15) is 0 Å². The lowest BCUT2D eigenvalue weighted by molar-refractivity contribution is 0.103. The Bertz CT molecular complexity index is 633. The molecule has 20 heavy (non-hydrogen) atoms. The van der Waals surface area contributed by atoms with Crippen LogP contribution >= 0.6 is 11.3 Å². The molecular weight excluding hydrogens is 268 g/mol. The summed E-state index contributed by atoms with van der Waals surface area (Å²) in [5, 5.41) is 8.37. The molecule has 104 valence electrons. The van der Waals surface area contributed by atoms with Gasteiger partial charge in [0.25, 0.3) is 5.91 Å². The van der Waals surface area contributed by atoms with Gasteiger partial charge in [-0.25, -0.2) is 0 Å². The van der Waals surface area contributed by atoms with E-state index in [1.807, 2.05) is 17.5 Å². The molecule has 0 saturated carbocycles. The van der Waals surface area contributed by atoms with Crippen molar-refractivity contribution in [1.82, 2.24) is 0 Å². The van der Waals surface area contributed by atoms with Gasteiger partial charge in [0.2, 0.25) is 0 Å². The van der Waals surface area contributed by atoms with E-state index >= 15 is 0 Å². The molecule has 1 amide bonds. The summed E-state index contributed by atoms with van der Waals surface area (Å²) in [7, 11) is 0. The van der Waals surface area contributed by atoms with E-state index in [9.17, 15) is 4.79 Å². The summed E-state index contributed by atoms with van der Waals surface area (Å²) >= 11 is 1.51. The van der Waals surface area contributed by atoms with Crippen molar-refractivity contribution in [3.8, 4) is 0 Å². The summed E-state index contributed by atoms with van der Waals surface area (Å²) < 4.78 is 0. The van der Waals surface area contributed by atoms with Crippen LogP contribution in [0.3, 0.4) is 0 Å². The molecule has 2 N–H and O–H groups in total. The molecule has 0 spiro atoms. The molecule has 1 aliphatic heterocycles. The van der Waals surface area contributed by atoms with Crippen LogP contribution in [0.4, 0.5) is 11.4 Å². The maximum absolute atomic E-state index is 12.3. The predicted octanol–water partition coefficient (Wildman–Crippen LogP) is 3.92. The van der Waals surface area contributed by atoms with Crippen molar-refractivity contribution in [2.75, 3.05) is 17.2 Å². The summed E-state index contributed by atoms with van der Waals surface area (Å²) in [6.07, 6.45) is 3.11. The van der Waals surface area contributed by atoms with Crippen LogP contribution in [0, 0.1) is 0 Å². The van der Waals surface area contributed by atoms with Crippen molar-refractivity contribution >= 4 is 28.6 Å². The number of anilines is 2. The molecule has 0 radical (unpaired) electrons. The number of carbonyl (C=O) groups is 1. The summed E-state index contributed by atoms with van der Waals surface area (Å²) in [4.78, 5) is 13.1. The van der Waals surface area contributed by atoms with Gasteiger partial charge < -0.3 is 10.6 Å². The van der Waals surface area contributed by atoms with Crippen LogP contribution in [-0.4, -0.2) is 12.5 Å². The highest BCUT2D eigenvalue weighted by Gasteiger charge is 2.14. The molecule has 0 fully saturated rings. The van der Waals surface area contributed by atoms with Gasteiger partial charge in [0.05, 0.1) is 4.88 Å². The van der Waals surface area contributed by atoms with Gasteiger partial charge in [0, 0.05) is 17.9 Å². The zero-order valence-electron chi connectivity index (χ0n) is 11.5. The third kappa shape index (κ3) is 2.56. The molecule has 0 bridgehead atoms. The monoisotopic (exact) mass is 286 g/mol. The quantitative estimate of drug-likeness (QED) is 0.898. The van der Waals surface area contributed by atoms with E-state index in [0.29, 0.717) is 0 Å². The number of benzene rings is 1. The second-order valence-electron chi connectivity index (χ2n) is 4.98. The van der Waals surface area contributed by atoms with Crippen molar-refractivity contribution in [3.05, 3.63) is 45.6 Å². The molecule has 1 aliphatic rings. The van der Waals surface area contributed by atoms with Crippen LogP contribution in [0.15, 0.2) is 29.6 Å². The highest BCUT2D eigenvalue weighted by atomic mass is 32.1. The Labute approximate surface area is 123 Å². The Morgan fingerprint density at radius 1 is 1.40 bits per heavy atom. The minimum atomic E-state index is 0.000527. The van der Waals surface area contributed by atoms with Gasteiger partial charge in [0.1, 0.15) is 0 Å². The SMILES string of the molecule is CCc1ccsc1C(=O)Nc1ccc2c(c1)CCCN2. The van der Waals surface area contributed by atoms with E-state index in [1.54, 1.807) is 0 Å². The molecule has 2 aromatic rings. The largest absolute Gasteiger partial charge is 0.385 e. The first-order chi connectivity index (χ1) is 9.78. The molecule has 0 saturated heterocycles. The summed E-state index contributed by atoms with van der Waals surface area (Å²) in [6.45, 7) is 3.11. The van der Waals surface area contributed by atoms with Crippen LogP contribution in [0.1, 0.15) is 34.1 Å². The minimum Gasteiger partial charge on any atom is -0.385 e. The zero-order valence-corrected chi connectivity index (χ0v) is 12.3. The van der Waals surface area contributed by atoms with Crippen molar-refractivity contribution in [2.24, 2.45) is 0 Å². The molecular formula is C16H18N2OS. The van der Waals surface area contributed by atoms with Crippen LogP contribution in [-0.2, 0) is 12.8 Å². The number of rotatable bonds is 3. The second-order valence-corrected chi connectivity index (χ2v) is 5.90. The molecule has 0 aliphatic carbocycles. The van der Waals surface area contributed by atoms with Gasteiger partial charge in [-0.1, -0.05) is 6.92 Å². The Kier molecular flexibility index (Phi) is 3.74. The first-order valence-electron chi connectivity index (χ1n) is 7.02. The van der Waals surface area contributed by atoms with Crippen LogP contribution in [0.2, 0.25) is 0 Å². The summed E-state index contributed by atoms with van der Waals surface area (Å²) in [5.74, 6) is 0.000527.